The Balaban J connectivity index is 1.19. The highest BCUT2D eigenvalue weighted by atomic mass is 16.2. The molecule has 0 spiro atoms. The van der Waals surface area contributed by atoms with Crippen LogP contribution in [-0.2, 0) is 11.3 Å². The van der Waals surface area contributed by atoms with Crippen LogP contribution in [0.5, 0.6) is 0 Å². The SMILES string of the molecule is O=C(Nc1ccc(CN2CCCC2)nc1)c1n[nH]c2ccc(-c3cncc(NC(=O)C4CC4)c3)cc12. The monoisotopic (exact) mass is 481 g/mol. The lowest BCUT2D eigenvalue weighted by Gasteiger charge is -2.13. The number of aromatic nitrogens is 4. The zero-order valence-electron chi connectivity index (χ0n) is 19.8. The number of nitrogens with one attached hydrogen (secondary N) is 3. The maximum Gasteiger partial charge on any atom is 0.276 e. The summed E-state index contributed by atoms with van der Waals surface area (Å²) >= 11 is 0. The third-order valence-corrected chi connectivity index (χ3v) is 6.73. The molecule has 1 aliphatic carbocycles. The molecule has 36 heavy (non-hydrogen) atoms. The van der Waals surface area contributed by atoms with Gasteiger partial charge >= 0.3 is 0 Å². The van der Waals surface area contributed by atoms with Gasteiger partial charge in [-0.25, -0.2) is 0 Å². The summed E-state index contributed by atoms with van der Waals surface area (Å²) in [7, 11) is 0. The molecule has 0 bridgehead atoms. The number of carbonyl (C=O) groups is 2. The first kappa shape index (κ1) is 22.4. The second-order valence-electron chi connectivity index (χ2n) is 9.53. The highest BCUT2D eigenvalue weighted by molar-refractivity contribution is 6.11. The predicted octanol–water partition coefficient (Wildman–Crippen LogP) is 4.22. The number of fused-ring (bicyclic) bond motifs is 1. The standard InChI is InChI=1S/C27H27N7O2/c35-26(17-3-4-17)31-22-11-19(13-28-14-22)18-5-8-24-23(12-18)25(33-32-24)27(36)30-20-6-7-21(29-15-20)16-34-9-1-2-10-34/h5-8,11-15,17H,1-4,9-10,16H2,(H,30,36)(H,31,35)(H,32,33). The summed E-state index contributed by atoms with van der Waals surface area (Å²) in [5, 5.41) is 13.7. The highest BCUT2D eigenvalue weighted by Gasteiger charge is 2.29. The summed E-state index contributed by atoms with van der Waals surface area (Å²) in [6, 6.07) is 11.5. The maximum atomic E-state index is 13.1. The minimum Gasteiger partial charge on any atom is -0.324 e. The van der Waals surface area contributed by atoms with Crippen LogP contribution in [0.25, 0.3) is 22.0 Å². The number of amides is 2. The molecule has 0 radical (unpaired) electrons. The largest absolute Gasteiger partial charge is 0.324 e. The van der Waals surface area contributed by atoms with E-state index < -0.39 is 0 Å². The fraction of sp³-hybridized carbons (Fsp3) is 0.296. The molecule has 2 amide bonds. The lowest BCUT2D eigenvalue weighted by atomic mass is 10.0. The Kier molecular flexibility index (Phi) is 5.90. The van der Waals surface area contributed by atoms with Crippen molar-refractivity contribution in [2.75, 3.05) is 23.7 Å². The minimum absolute atomic E-state index is 0.0387. The van der Waals surface area contributed by atoms with E-state index in [2.05, 4.69) is 35.7 Å². The normalized spacial score (nSPS) is 15.8. The number of benzene rings is 1. The van der Waals surface area contributed by atoms with Crippen LogP contribution in [0.3, 0.4) is 0 Å². The first-order chi connectivity index (χ1) is 17.6. The number of hydrogen-bond donors (Lipinski definition) is 3. The maximum absolute atomic E-state index is 13.1. The molecule has 3 aromatic heterocycles. The Labute approximate surface area is 208 Å². The molecule has 4 heterocycles. The molecule has 9 heteroatoms. The molecule has 182 valence electrons. The van der Waals surface area contributed by atoms with Crippen molar-refractivity contribution < 1.29 is 9.59 Å². The summed E-state index contributed by atoms with van der Waals surface area (Å²) in [4.78, 5) is 36.4. The molecule has 4 aromatic rings. The van der Waals surface area contributed by atoms with Crippen molar-refractivity contribution in [3.05, 3.63) is 66.4 Å². The average Bonchev–Trinajstić information content (AvgIpc) is 3.47. The van der Waals surface area contributed by atoms with Crippen LogP contribution in [0.4, 0.5) is 11.4 Å². The van der Waals surface area contributed by atoms with Gasteiger partial charge in [-0.3, -0.25) is 29.6 Å². The van der Waals surface area contributed by atoms with E-state index in [0.29, 0.717) is 22.5 Å². The second-order valence-corrected chi connectivity index (χ2v) is 9.53. The molecule has 9 nitrogen and oxygen atoms in total. The van der Waals surface area contributed by atoms with Gasteiger partial charge in [-0.1, -0.05) is 6.07 Å². The van der Waals surface area contributed by atoms with Crippen LogP contribution in [0.1, 0.15) is 41.9 Å². The minimum atomic E-state index is -0.309. The predicted molar refractivity (Wildman–Crippen MR) is 137 cm³/mol. The van der Waals surface area contributed by atoms with Crippen LogP contribution in [-0.4, -0.2) is 50.0 Å². The smallest absolute Gasteiger partial charge is 0.276 e. The van der Waals surface area contributed by atoms with E-state index >= 15 is 0 Å². The lowest BCUT2D eigenvalue weighted by molar-refractivity contribution is -0.117. The Hall–Kier alpha value is -4.11. The second kappa shape index (κ2) is 9.50. The van der Waals surface area contributed by atoms with Gasteiger partial charge in [-0.05, 0) is 74.7 Å². The van der Waals surface area contributed by atoms with E-state index in [-0.39, 0.29) is 17.7 Å². The molecule has 2 fully saturated rings. The lowest BCUT2D eigenvalue weighted by Crippen LogP contribution is -2.19. The summed E-state index contributed by atoms with van der Waals surface area (Å²) in [5.74, 6) is -0.152. The number of carbonyl (C=O) groups excluding carboxylic acids is 2. The molecule has 1 aromatic carbocycles. The zero-order chi connectivity index (χ0) is 24.5. The number of nitrogens with zero attached hydrogens (tertiary/aromatic N) is 4. The molecular weight excluding hydrogens is 454 g/mol. The first-order valence-electron chi connectivity index (χ1n) is 12.4. The number of H-pyrrole nitrogens is 1. The van der Waals surface area contributed by atoms with E-state index in [9.17, 15) is 9.59 Å². The van der Waals surface area contributed by atoms with Crippen LogP contribution >= 0.6 is 0 Å². The number of rotatable bonds is 7. The van der Waals surface area contributed by atoms with Crippen LogP contribution in [0.15, 0.2) is 55.0 Å². The van der Waals surface area contributed by atoms with E-state index in [1.165, 1.54) is 12.8 Å². The van der Waals surface area contributed by atoms with Gasteiger partial charge in [-0.2, -0.15) is 5.10 Å². The third kappa shape index (κ3) is 4.83. The third-order valence-electron chi connectivity index (χ3n) is 6.73. The molecule has 1 aliphatic heterocycles. The summed E-state index contributed by atoms with van der Waals surface area (Å²) in [6.07, 6.45) is 9.45. The quantitative estimate of drug-likeness (QED) is 0.364. The van der Waals surface area contributed by atoms with E-state index in [0.717, 1.165) is 54.8 Å². The molecule has 1 saturated heterocycles. The summed E-state index contributed by atoms with van der Waals surface area (Å²) < 4.78 is 0. The van der Waals surface area contributed by atoms with Gasteiger partial charge in [0.1, 0.15) is 0 Å². The number of likely N-dealkylation sites (tertiary alicyclic amines) is 1. The fourth-order valence-corrected chi connectivity index (χ4v) is 4.57. The van der Waals surface area contributed by atoms with Crippen LogP contribution < -0.4 is 10.6 Å². The molecule has 0 unspecified atom stereocenters. The highest BCUT2D eigenvalue weighted by Crippen LogP contribution is 2.31. The Morgan fingerprint density at radius 3 is 2.58 bits per heavy atom. The van der Waals surface area contributed by atoms with Gasteiger partial charge in [0.15, 0.2) is 5.69 Å². The van der Waals surface area contributed by atoms with Gasteiger partial charge in [0.25, 0.3) is 5.91 Å². The molecular formula is C27H27N7O2. The van der Waals surface area contributed by atoms with Gasteiger partial charge in [0.2, 0.25) is 5.91 Å². The van der Waals surface area contributed by atoms with Crippen molar-refractivity contribution in [3.8, 4) is 11.1 Å². The van der Waals surface area contributed by atoms with Gasteiger partial charge in [0.05, 0.1) is 35.0 Å². The number of hydrogen-bond acceptors (Lipinski definition) is 6. The van der Waals surface area contributed by atoms with Gasteiger partial charge in [-0.15, -0.1) is 0 Å². The number of aromatic amines is 1. The molecule has 0 atom stereocenters. The Morgan fingerprint density at radius 2 is 1.81 bits per heavy atom. The van der Waals surface area contributed by atoms with Crippen molar-refractivity contribution in [2.24, 2.45) is 5.92 Å². The van der Waals surface area contributed by atoms with Crippen molar-refractivity contribution in [1.82, 2.24) is 25.1 Å². The zero-order valence-corrected chi connectivity index (χ0v) is 19.8. The Bertz CT molecular complexity index is 1420. The van der Waals surface area contributed by atoms with Crippen LogP contribution in [0.2, 0.25) is 0 Å². The fourth-order valence-electron chi connectivity index (χ4n) is 4.57. The number of anilines is 2. The average molecular weight is 482 g/mol. The molecule has 1 saturated carbocycles. The first-order valence-corrected chi connectivity index (χ1v) is 12.4. The van der Waals surface area contributed by atoms with Gasteiger partial charge < -0.3 is 10.6 Å². The number of pyridine rings is 2. The topological polar surface area (TPSA) is 116 Å². The molecule has 2 aliphatic rings. The van der Waals surface area contributed by atoms with Crippen LogP contribution in [0, 0.1) is 5.92 Å². The van der Waals surface area contributed by atoms with E-state index in [1.807, 2.05) is 36.4 Å². The molecule has 6 rings (SSSR count). The van der Waals surface area contributed by atoms with Gasteiger partial charge in [0, 0.05) is 29.6 Å². The van der Waals surface area contributed by atoms with Crippen molar-refractivity contribution >= 4 is 34.1 Å². The summed E-state index contributed by atoms with van der Waals surface area (Å²) in [5.41, 5.74) is 5.06. The Morgan fingerprint density at radius 1 is 0.944 bits per heavy atom. The van der Waals surface area contributed by atoms with E-state index in [4.69, 9.17) is 0 Å². The van der Waals surface area contributed by atoms with Crippen molar-refractivity contribution in [3.63, 3.8) is 0 Å². The van der Waals surface area contributed by atoms with Crippen molar-refractivity contribution in [1.29, 1.82) is 0 Å². The summed E-state index contributed by atoms with van der Waals surface area (Å²) in [6.45, 7) is 3.06. The van der Waals surface area contributed by atoms with Crippen molar-refractivity contribution in [2.45, 2.75) is 32.2 Å². The van der Waals surface area contributed by atoms with E-state index in [1.54, 1.807) is 18.6 Å². The molecule has 3 N–H and O–H groups in total.